The van der Waals surface area contributed by atoms with E-state index in [0.29, 0.717) is 23.7 Å². The topological polar surface area (TPSA) is 108 Å². The molecule has 2 N–H and O–H groups in total. The highest BCUT2D eigenvalue weighted by atomic mass is 16.4. The van der Waals surface area contributed by atoms with Crippen molar-refractivity contribution in [2.45, 2.75) is 6.42 Å². The minimum Gasteiger partial charge on any atom is -0.414 e. The second kappa shape index (κ2) is 7.17. The van der Waals surface area contributed by atoms with Gasteiger partial charge in [0.2, 0.25) is 5.89 Å². The highest BCUT2D eigenvalue weighted by Crippen LogP contribution is 2.28. The number of aldehydes is 1. The van der Waals surface area contributed by atoms with Gasteiger partial charge in [-0.2, -0.15) is 0 Å². The fourth-order valence-corrected chi connectivity index (χ4v) is 2.67. The number of benzene rings is 2. The Morgan fingerprint density at radius 3 is 2.56 bits per heavy atom. The van der Waals surface area contributed by atoms with E-state index in [2.05, 4.69) is 20.2 Å². The van der Waals surface area contributed by atoms with E-state index >= 15 is 0 Å². The Morgan fingerprint density at radius 1 is 0.963 bits per heavy atom. The predicted octanol–water partition coefficient (Wildman–Crippen LogP) is 3.18. The molecule has 0 aliphatic carbocycles. The van der Waals surface area contributed by atoms with Gasteiger partial charge in [-0.15, -0.1) is 10.2 Å². The van der Waals surface area contributed by atoms with Gasteiger partial charge < -0.3 is 14.9 Å². The van der Waals surface area contributed by atoms with Crippen LogP contribution in [0.2, 0.25) is 0 Å². The molecule has 0 spiro atoms. The number of hydrogen-bond acceptors (Lipinski definition) is 7. The minimum absolute atomic E-state index is 0.199. The molecule has 132 valence electrons. The maximum absolute atomic E-state index is 10.8. The largest absolute Gasteiger partial charge is 0.414 e. The van der Waals surface area contributed by atoms with Gasteiger partial charge in [-0.05, 0) is 23.8 Å². The van der Waals surface area contributed by atoms with E-state index in [4.69, 9.17) is 10.2 Å². The molecule has 0 amide bonds. The van der Waals surface area contributed by atoms with Gasteiger partial charge >= 0.3 is 0 Å². The highest BCUT2D eigenvalue weighted by Gasteiger charge is 2.16. The normalized spacial score (nSPS) is 10.7. The quantitative estimate of drug-likeness (QED) is 0.546. The highest BCUT2D eigenvalue weighted by molar-refractivity contribution is 5.69. The molecule has 0 fully saturated rings. The Balaban J connectivity index is 1.72. The molecule has 0 saturated heterocycles. The predicted molar refractivity (Wildman–Crippen MR) is 100 cm³/mol. The van der Waals surface area contributed by atoms with E-state index in [0.717, 1.165) is 23.0 Å². The van der Waals surface area contributed by atoms with Crippen LogP contribution in [0, 0.1) is 0 Å². The summed E-state index contributed by atoms with van der Waals surface area (Å²) in [6.07, 6.45) is 2.78. The Bertz CT molecular complexity index is 1090. The smallest absolute Gasteiger partial charge is 0.270 e. The summed E-state index contributed by atoms with van der Waals surface area (Å²) >= 11 is 0. The summed E-state index contributed by atoms with van der Waals surface area (Å²) in [7, 11) is 0. The van der Waals surface area contributed by atoms with E-state index in [9.17, 15) is 4.79 Å². The molecule has 0 unspecified atom stereocenters. The summed E-state index contributed by atoms with van der Waals surface area (Å²) in [6, 6.07) is 17.0. The van der Waals surface area contributed by atoms with E-state index in [1.165, 1.54) is 0 Å². The zero-order valence-corrected chi connectivity index (χ0v) is 14.2. The Morgan fingerprint density at radius 2 is 1.74 bits per heavy atom. The Hall–Kier alpha value is -3.87. The molecule has 0 atom stereocenters. The van der Waals surface area contributed by atoms with Crippen molar-refractivity contribution in [1.29, 1.82) is 0 Å². The summed E-state index contributed by atoms with van der Waals surface area (Å²) in [5.74, 6) is 0.779. The molecule has 7 heteroatoms. The van der Waals surface area contributed by atoms with Gasteiger partial charge in [-0.25, -0.2) is 9.97 Å². The second-order valence-electron chi connectivity index (χ2n) is 5.84. The molecule has 27 heavy (non-hydrogen) atoms. The summed E-state index contributed by atoms with van der Waals surface area (Å²) in [5, 5.41) is 8.13. The number of hydrogen-bond donors (Lipinski definition) is 1. The molecule has 2 aromatic heterocycles. The number of carbonyl (C=O) groups excluding carboxylic acids is 1. The van der Waals surface area contributed by atoms with Crippen LogP contribution >= 0.6 is 0 Å². The Kier molecular flexibility index (Phi) is 4.40. The average molecular weight is 357 g/mol. The van der Waals surface area contributed by atoms with Crippen LogP contribution < -0.4 is 5.73 Å². The van der Waals surface area contributed by atoms with Gasteiger partial charge in [0, 0.05) is 17.5 Å². The molecule has 7 nitrogen and oxygen atoms in total. The first kappa shape index (κ1) is 16.6. The third kappa shape index (κ3) is 3.43. The van der Waals surface area contributed by atoms with Crippen LogP contribution in [0.25, 0.3) is 34.3 Å². The lowest BCUT2D eigenvalue weighted by molar-refractivity contribution is -0.107. The van der Waals surface area contributed by atoms with Gasteiger partial charge in [-0.3, -0.25) is 0 Å². The zero-order valence-electron chi connectivity index (χ0n) is 14.2. The van der Waals surface area contributed by atoms with Gasteiger partial charge in [0.25, 0.3) is 5.89 Å². The van der Waals surface area contributed by atoms with Crippen LogP contribution in [0.1, 0.15) is 5.56 Å². The summed E-state index contributed by atoms with van der Waals surface area (Å²) < 4.78 is 5.74. The third-order valence-electron chi connectivity index (χ3n) is 3.99. The zero-order chi connectivity index (χ0) is 18.6. The number of carbonyl (C=O) groups is 1. The van der Waals surface area contributed by atoms with Gasteiger partial charge in [0.1, 0.15) is 6.29 Å². The van der Waals surface area contributed by atoms with E-state index in [-0.39, 0.29) is 11.7 Å². The van der Waals surface area contributed by atoms with Crippen molar-refractivity contribution in [2.24, 2.45) is 0 Å². The molecule has 4 aromatic rings. The lowest BCUT2D eigenvalue weighted by Crippen LogP contribution is -1.99. The van der Waals surface area contributed by atoms with Crippen molar-refractivity contribution in [2.75, 3.05) is 5.73 Å². The fourth-order valence-electron chi connectivity index (χ4n) is 2.67. The number of rotatable bonds is 5. The number of anilines is 1. The average Bonchev–Trinajstić information content (AvgIpc) is 3.19. The summed E-state index contributed by atoms with van der Waals surface area (Å²) in [5.41, 5.74) is 9.43. The minimum atomic E-state index is 0.199. The van der Waals surface area contributed by atoms with E-state index < -0.39 is 0 Å². The van der Waals surface area contributed by atoms with Crippen LogP contribution in [0.4, 0.5) is 5.82 Å². The standard InChI is InChI=1S/C20H15N5O2/c21-18-17(20-25-24-19(27-20)14-6-2-1-3-7-14)23-16(12-22-18)15-8-4-5-13(11-15)9-10-26/h1-8,10-12H,9H2,(H2,21,22). The number of nitrogen functional groups attached to an aromatic ring is 1. The third-order valence-corrected chi connectivity index (χ3v) is 3.99. The number of nitrogens with two attached hydrogens (primary N) is 1. The van der Waals surface area contributed by atoms with Crippen molar-refractivity contribution >= 4 is 12.1 Å². The number of nitrogens with zero attached hydrogens (tertiary/aromatic N) is 4. The van der Waals surface area contributed by atoms with Crippen molar-refractivity contribution < 1.29 is 9.21 Å². The molecular formula is C20H15N5O2. The second-order valence-corrected chi connectivity index (χ2v) is 5.84. The molecular weight excluding hydrogens is 342 g/mol. The van der Waals surface area contributed by atoms with Crippen LogP contribution in [0.15, 0.2) is 65.2 Å². The van der Waals surface area contributed by atoms with Crippen LogP contribution in [-0.2, 0) is 11.2 Å². The van der Waals surface area contributed by atoms with Crippen LogP contribution in [0.3, 0.4) is 0 Å². The fraction of sp³-hybridized carbons (Fsp3) is 0.0500. The lowest BCUT2D eigenvalue weighted by atomic mass is 10.1. The maximum atomic E-state index is 10.8. The summed E-state index contributed by atoms with van der Waals surface area (Å²) in [6.45, 7) is 0. The first-order valence-corrected chi connectivity index (χ1v) is 8.29. The SMILES string of the molecule is Nc1ncc(-c2cccc(CC=O)c2)nc1-c1nnc(-c2ccccc2)o1. The maximum Gasteiger partial charge on any atom is 0.270 e. The van der Waals surface area contributed by atoms with Crippen molar-refractivity contribution in [3.05, 3.63) is 66.4 Å². The molecule has 0 aliphatic heterocycles. The van der Waals surface area contributed by atoms with Gasteiger partial charge in [0.05, 0.1) is 11.9 Å². The van der Waals surface area contributed by atoms with Crippen LogP contribution in [-0.4, -0.2) is 26.5 Å². The molecule has 4 rings (SSSR count). The Labute approximate surface area is 154 Å². The first-order chi connectivity index (χ1) is 13.2. The molecule has 2 aromatic carbocycles. The molecule has 0 radical (unpaired) electrons. The van der Waals surface area contributed by atoms with Gasteiger partial charge in [0.15, 0.2) is 11.5 Å². The monoisotopic (exact) mass is 357 g/mol. The molecule has 0 bridgehead atoms. The van der Waals surface area contributed by atoms with Crippen molar-refractivity contribution in [1.82, 2.24) is 20.2 Å². The number of aromatic nitrogens is 4. The van der Waals surface area contributed by atoms with E-state index in [1.807, 2.05) is 54.6 Å². The molecule has 0 aliphatic rings. The first-order valence-electron chi connectivity index (χ1n) is 8.29. The van der Waals surface area contributed by atoms with Crippen molar-refractivity contribution in [3.8, 4) is 34.3 Å². The van der Waals surface area contributed by atoms with Crippen molar-refractivity contribution in [3.63, 3.8) is 0 Å². The lowest BCUT2D eigenvalue weighted by Gasteiger charge is -2.05. The summed E-state index contributed by atoms with van der Waals surface area (Å²) in [4.78, 5) is 19.5. The molecule has 0 saturated carbocycles. The molecule has 2 heterocycles. The van der Waals surface area contributed by atoms with E-state index in [1.54, 1.807) is 6.20 Å². The van der Waals surface area contributed by atoms with Crippen LogP contribution in [0.5, 0.6) is 0 Å². The van der Waals surface area contributed by atoms with Gasteiger partial charge in [-0.1, -0.05) is 36.4 Å².